The standard InChI is InChI=1S/C27H27N3O4/c31-25(29-34)18-17-22-13-15-23(16-14-22)20-30(19-7-10-21-8-3-1-4-9-21)27(33)28-26(32)24-11-5-2-6-12-24/h1-6,8-9,11-18,34H,7,10,19-20H2,(H,29,31)(H,28,32,33)/b18-17+. The van der Waals surface area contributed by atoms with Crippen LogP contribution < -0.4 is 10.8 Å². The van der Waals surface area contributed by atoms with Crippen molar-refractivity contribution in [1.29, 1.82) is 0 Å². The summed E-state index contributed by atoms with van der Waals surface area (Å²) in [6.45, 7) is 0.797. The Labute approximate surface area is 198 Å². The number of carbonyl (C=O) groups excluding carboxylic acids is 3. The van der Waals surface area contributed by atoms with Crippen LogP contribution >= 0.6 is 0 Å². The zero-order valence-corrected chi connectivity index (χ0v) is 18.7. The molecule has 0 aliphatic heterocycles. The molecule has 0 saturated carbocycles. The van der Waals surface area contributed by atoms with Crippen molar-refractivity contribution in [1.82, 2.24) is 15.7 Å². The Morgan fingerprint density at radius 3 is 2.12 bits per heavy atom. The third-order valence-corrected chi connectivity index (χ3v) is 5.17. The first-order chi connectivity index (χ1) is 16.5. The van der Waals surface area contributed by atoms with Crippen molar-refractivity contribution in [2.24, 2.45) is 0 Å². The summed E-state index contributed by atoms with van der Waals surface area (Å²) < 4.78 is 0. The van der Waals surface area contributed by atoms with E-state index < -0.39 is 17.8 Å². The highest BCUT2D eigenvalue weighted by atomic mass is 16.5. The Kier molecular flexibility index (Phi) is 9.13. The molecular weight excluding hydrogens is 430 g/mol. The lowest BCUT2D eigenvalue weighted by molar-refractivity contribution is -0.124. The lowest BCUT2D eigenvalue weighted by atomic mass is 10.1. The van der Waals surface area contributed by atoms with Crippen LogP contribution in [0, 0.1) is 0 Å². The summed E-state index contributed by atoms with van der Waals surface area (Å²) in [7, 11) is 0. The van der Waals surface area contributed by atoms with Crippen molar-refractivity contribution in [2.45, 2.75) is 19.4 Å². The lowest BCUT2D eigenvalue weighted by Crippen LogP contribution is -2.43. The van der Waals surface area contributed by atoms with Gasteiger partial charge in [0.05, 0.1) is 0 Å². The first-order valence-corrected chi connectivity index (χ1v) is 11.0. The first-order valence-electron chi connectivity index (χ1n) is 11.0. The Morgan fingerprint density at radius 2 is 1.47 bits per heavy atom. The van der Waals surface area contributed by atoms with Gasteiger partial charge in [0.1, 0.15) is 0 Å². The number of aryl methyl sites for hydroxylation is 1. The van der Waals surface area contributed by atoms with Crippen LogP contribution in [0.1, 0.15) is 33.5 Å². The minimum absolute atomic E-state index is 0.323. The fourth-order valence-electron chi connectivity index (χ4n) is 3.37. The summed E-state index contributed by atoms with van der Waals surface area (Å²) in [6.07, 6.45) is 4.34. The van der Waals surface area contributed by atoms with Gasteiger partial charge in [-0.2, -0.15) is 0 Å². The van der Waals surface area contributed by atoms with E-state index in [0.717, 1.165) is 24.0 Å². The predicted octanol–water partition coefficient (Wildman–Crippen LogP) is 4.19. The Hall–Kier alpha value is -4.23. The van der Waals surface area contributed by atoms with Crippen molar-refractivity contribution in [3.63, 3.8) is 0 Å². The quantitative estimate of drug-likeness (QED) is 0.255. The molecule has 7 heteroatoms. The maximum Gasteiger partial charge on any atom is 0.324 e. The van der Waals surface area contributed by atoms with Crippen molar-refractivity contribution in [3.8, 4) is 0 Å². The molecule has 3 aromatic rings. The number of nitrogens with zero attached hydrogens (tertiary/aromatic N) is 1. The fourth-order valence-corrected chi connectivity index (χ4v) is 3.37. The number of amides is 4. The van der Waals surface area contributed by atoms with E-state index in [1.54, 1.807) is 35.2 Å². The van der Waals surface area contributed by atoms with Crippen molar-refractivity contribution in [2.75, 3.05) is 6.54 Å². The van der Waals surface area contributed by atoms with Crippen LogP contribution in [0.4, 0.5) is 4.79 Å². The Morgan fingerprint density at radius 1 is 0.824 bits per heavy atom. The number of hydrogen-bond acceptors (Lipinski definition) is 4. The van der Waals surface area contributed by atoms with Crippen LogP contribution in [0.3, 0.4) is 0 Å². The second kappa shape index (κ2) is 12.7. The molecule has 0 fully saturated rings. The molecule has 3 N–H and O–H groups in total. The third kappa shape index (κ3) is 7.72. The van der Waals surface area contributed by atoms with Gasteiger partial charge in [0.25, 0.3) is 11.8 Å². The minimum Gasteiger partial charge on any atom is -0.320 e. The zero-order chi connectivity index (χ0) is 24.2. The second-order valence-corrected chi connectivity index (χ2v) is 7.69. The molecule has 0 atom stereocenters. The van der Waals surface area contributed by atoms with Gasteiger partial charge >= 0.3 is 6.03 Å². The molecule has 3 rings (SSSR count). The van der Waals surface area contributed by atoms with Gasteiger partial charge in [-0.15, -0.1) is 0 Å². The summed E-state index contributed by atoms with van der Waals surface area (Å²) in [5.74, 6) is -1.06. The highest BCUT2D eigenvalue weighted by molar-refractivity contribution is 6.04. The molecule has 0 aliphatic carbocycles. The van der Waals surface area contributed by atoms with Crippen LogP contribution in [0.25, 0.3) is 6.08 Å². The number of nitrogens with one attached hydrogen (secondary N) is 2. The minimum atomic E-state index is -0.617. The van der Waals surface area contributed by atoms with E-state index in [0.29, 0.717) is 18.7 Å². The molecule has 4 amide bonds. The second-order valence-electron chi connectivity index (χ2n) is 7.69. The van der Waals surface area contributed by atoms with Gasteiger partial charge in [0.2, 0.25) is 0 Å². The number of imide groups is 1. The summed E-state index contributed by atoms with van der Waals surface area (Å²) in [5, 5.41) is 11.1. The maximum atomic E-state index is 13.0. The molecule has 174 valence electrons. The average molecular weight is 458 g/mol. The summed E-state index contributed by atoms with van der Waals surface area (Å²) in [6, 6.07) is 25.5. The Bertz CT molecular complexity index is 1110. The first kappa shape index (κ1) is 24.4. The average Bonchev–Trinajstić information content (AvgIpc) is 2.88. The van der Waals surface area contributed by atoms with Crippen LogP contribution in [-0.2, 0) is 17.8 Å². The summed E-state index contributed by atoms with van der Waals surface area (Å²) in [4.78, 5) is 38.2. The molecule has 34 heavy (non-hydrogen) atoms. The van der Waals surface area contributed by atoms with Gasteiger partial charge < -0.3 is 4.90 Å². The van der Waals surface area contributed by atoms with Crippen molar-refractivity contribution >= 4 is 23.9 Å². The topological polar surface area (TPSA) is 98.7 Å². The SMILES string of the molecule is O=C(/C=C/c1ccc(CN(CCCc2ccccc2)C(=O)NC(=O)c2ccccc2)cc1)NO. The molecule has 0 saturated heterocycles. The largest absolute Gasteiger partial charge is 0.324 e. The van der Waals surface area contributed by atoms with Gasteiger partial charge in [-0.25, -0.2) is 10.3 Å². The van der Waals surface area contributed by atoms with Crippen LogP contribution in [0.5, 0.6) is 0 Å². The molecule has 3 aromatic carbocycles. The van der Waals surface area contributed by atoms with Gasteiger partial charge in [-0.05, 0) is 47.7 Å². The van der Waals surface area contributed by atoms with Gasteiger partial charge in [0.15, 0.2) is 0 Å². The highest BCUT2D eigenvalue weighted by Gasteiger charge is 2.17. The molecule has 0 aromatic heterocycles. The number of rotatable bonds is 9. The number of hydroxylamine groups is 1. The van der Waals surface area contributed by atoms with Gasteiger partial charge in [-0.1, -0.05) is 72.8 Å². The van der Waals surface area contributed by atoms with Gasteiger partial charge in [0, 0.05) is 24.7 Å². The molecule has 0 spiro atoms. The number of hydrogen-bond donors (Lipinski definition) is 3. The number of urea groups is 1. The van der Waals surface area contributed by atoms with E-state index in [1.807, 2.05) is 60.7 Å². The summed E-state index contributed by atoms with van der Waals surface area (Å²) >= 11 is 0. The van der Waals surface area contributed by atoms with Crippen molar-refractivity contribution < 1.29 is 19.6 Å². The molecule has 0 radical (unpaired) electrons. The van der Waals surface area contributed by atoms with E-state index in [2.05, 4.69) is 5.32 Å². The molecule has 0 unspecified atom stereocenters. The number of benzene rings is 3. The van der Waals surface area contributed by atoms with E-state index in [4.69, 9.17) is 5.21 Å². The van der Waals surface area contributed by atoms with Crippen LogP contribution in [0.15, 0.2) is 91.0 Å². The predicted molar refractivity (Wildman–Crippen MR) is 130 cm³/mol. The monoisotopic (exact) mass is 457 g/mol. The van der Waals surface area contributed by atoms with E-state index in [9.17, 15) is 14.4 Å². The van der Waals surface area contributed by atoms with Crippen LogP contribution in [0.2, 0.25) is 0 Å². The fraction of sp³-hybridized carbons (Fsp3) is 0.148. The normalized spacial score (nSPS) is 10.6. The lowest BCUT2D eigenvalue weighted by Gasteiger charge is -2.23. The summed E-state index contributed by atoms with van der Waals surface area (Å²) in [5.41, 5.74) is 4.80. The molecule has 0 aliphatic rings. The highest BCUT2D eigenvalue weighted by Crippen LogP contribution is 2.12. The van der Waals surface area contributed by atoms with Gasteiger partial charge in [-0.3, -0.25) is 20.1 Å². The number of carbonyl (C=O) groups is 3. The van der Waals surface area contributed by atoms with E-state index >= 15 is 0 Å². The molecular formula is C27H27N3O4. The molecule has 0 bridgehead atoms. The zero-order valence-electron chi connectivity index (χ0n) is 18.7. The van der Waals surface area contributed by atoms with Crippen molar-refractivity contribution in [3.05, 3.63) is 113 Å². The molecule has 7 nitrogen and oxygen atoms in total. The smallest absolute Gasteiger partial charge is 0.320 e. The molecule has 0 heterocycles. The third-order valence-electron chi connectivity index (χ3n) is 5.17. The van der Waals surface area contributed by atoms with Crippen LogP contribution in [-0.4, -0.2) is 34.5 Å². The maximum absolute atomic E-state index is 13.0. The van der Waals surface area contributed by atoms with E-state index in [1.165, 1.54) is 17.1 Å². The Balaban J connectivity index is 1.67. The van der Waals surface area contributed by atoms with E-state index in [-0.39, 0.29) is 0 Å².